The molecule has 9 nitrogen and oxygen atoms in total. The molecule has 1 aliphatic rings. The molecule has 31 heavy (non-hydrogen) atoms. The number of imidazole rings is 1. The monoisotopic (exact) mass is 414 g/mol. The summed E-state index contributed by atoms with van der Waals surface area (Å²) in [6, 6.07) is 11.6. The van der Waals surface area contributed by atoms with E-state index in [4.69, 9.17) is 15.9 Å². The number of nitrogens with two attached hydrogens (primary N) is 1. The molecule has 0 unspecified atom stereocenters. The third kappa shape index (κ3) is 3.78. The Balaban J connectivity index is 1.46. The van der Waals surface area contributed by atoms with Gasteiger partial charge in [-0.25, -0.2) is 4.98 Å². The smallest absolute Gasteiger partial charge is 0.160 e. The average molecular weight is 414 g/mol. The molecule has 0 aliphatic carbocycles. The Morgan fingerprint density at radius 1 is 1.06 bits per heavy atom. The van der Waals surface area contributed by atoms with E-state index in [2.05, 4.69) is 25.4 Å². The Kier molecular flexibility index (Phi) is 4.93. The molecule has 0 atom stereocenters. The van der Waals surface area contributed by atoms with Crippen molar-refractivity contribution in [1.29, 1.82) is 5.41 Å². The molecule has 5 rings (SSSR count). The lowest BCUT2D eigenvalue weighted by Crippen LogP contribution is -2.36. The van der Waals surface area contributed by atoms with Crippen molar-refractivity contribution in [2.45, 2.75) is 0 Å². The van der Waals surface area contributed by atoms with Crippen molar-refractivity contribution in [3.8, 4) is 11.1 Å². The van der Waals surface area contributed by atoms with Crippen LogP contribution >= 0.6 is 0 Å². The number of nitrogens with one attached hydrogen (secondary N) is 2. The number of anilines is 4. The molecule has 156 valence electrons. The largest absolute Gasteiger partial charge is 0.398 e. The van der Waals surface area contributed by atoms with Crippen LogP contribution in [0.4, 0.5) is 23.0 Å². The SMILES string of the molecule is N=Cc1ccc(-c2cc(Nc3ccc(N4CCOCC4)nn3)c3nccn3c2)cc1N. The summed E-state index contributed by atoms with van der Waals surface area (Å²) in [6.45, 7) is 3.05. The molecule has 3 aromatic heterocycles. The topological polar surface area (TPSA) is 117 Å². The predicted octanol–water partition coefficient (Wildman–Crippen LogP) is 2.95. The third-order valence-corrected chi connectivity index (χ3v) is 5.31. The lowest BCUT2D eigenvalue weighted by atomic mass is 10.0. The van der Waals surface area contributed by atoms with Crippen molar-refractivity contribution in [2.24, 2.45) is 0 Å². The first kappa shape index (κ1) is 19.0. The summed E-state index contributed by atoms with van der Waals surface area (Å²) in [5, 5.41) is 19.5. The molecule has 4 N–H and O–H groups in total. The van der Waals surface area contributed by atoms with Gasteiger partial charge in [-0.2, -0.15) is 0 Å². The molecule has 1 aliphatic heterocycles. The van der Waals surface area contributed by atoms with E-state index < -0.39 is 0 Å². The maximum absolute atomic E-state index is 7.44. The quantitative estimate of drug-likeness (QED) is 0.339. The van der Waals surface area contributed by atoms with Gasteiger partial charge in [0, 0.05) is 54.7 Å². The zero-order valence-corrected chi connectivity index (χ0v) is 16.8. The van der Waals surface area contributed by atoms with Crippen molar-refractivity contribution >= 4 is 34.9 Å². The number of morpholine rings is 1. The summed E-state index contributed by atoms with van der Waals surface area (Å²) in [4.78, 5) is 6.62. The third-order valence-electron chi connectivity index (χ3n) is 5.31. The highest BCUT2D eigenvalue weighted by molar-refractivity contribution is 5.88. The molecule has 4 heterocycles. The summed E-state index contributed by atoms with van der Waals surface area (Å²) in [5.41, 5.74) is 10.9. The van der Waals surface area contributed by atoms with E-state index in [0.29, 0.717) is 30.3 Å². The van der Waals surface area contributed by atoms with Gasteiger partial charge in [0.15, 0.2) is 17.3 Å². The lowest BCUT2D eigenvalue weighted by molar-refractivity contribution is 0.122. The van der Waals surface area contributed by atoms with Gasteiger partial charge in [-0.05, 0) is 29.8 Å². The Morgan fingerprint density at radius 3 is 2.68 bits per heavy atom. The zero-order valence-electron chi connectivity index (χ0n) is 16.8. The summed E-state index contributed by atoms with van der Waals surface area (Å²) in [6.07, 6.45) is 6.90. The summed E-state index contributed by atoms with van der Waals surface area (Å²) in [5.74, 6) is 1.48. The van der Waals surface area contributed by atoms with Gasteiger partial charge in [0.05, 0.1) is 18.9 Å². The van der Waals surface area contributed by atoms with Crippen molar-refractivity contribution < 1.29 is 4.74 Å². The molecule has 0 radical (unpaired) electrons. The van der Waals surface area contributed by atoms with Crippen LogP contribution in [0.2, 0.25) is 0 Å². The molecular formula is C22H22N8O. The standard InChI is InChI=1S/C22H22N8O/c23-13-16-2-1-15(11-18(16)24)17-12-19(22-25-5-6-30(22)14-17)26-20-3-4-21(28-27-20)29-7-9-31-10-8-29/h1-6,11-14,23H,7-10,24H2,(H,26,27). The molecule has 0 saturated carbocycles. The van der Waals surface area contributed by atoms with E-state index in [-0.39, 0.29) is 0 Å². The zero-order chi connectivity index (χ0) is 21.2. The number of pyridine rings is 1. The number of hydrogen-bond acceptors (Lipinski definition) is 8. The summed E-state index contributed by atoms with van der Waals surface area (Å²) in [7, 11) is 0. The van der Waals surface area contributed by atoms with Gasteiger partial charge < -0.3 is 30.5 Å². The van der Waals surface area contributed by atoms with Crippen LogP contribution in [0.1, 0.15) is 5.56 Å². The van der Waals surface area contributed by atoms with Crippen molar-refractivity contribution in [1.82, 2.24) is 19.6 Å². The van der Waals surface area contributed by atoms with Gasteiger partial charge in [0.2, 0.25) is 0 Å². The highest BCUT2D eigenvalue weighted by Gasteiger charge is 2.14. The van der Waals surface area contributed by atoms with Crippen molar-refractivity contribution in [3.63, 3.8) is 0 Å². The van der Waals surface area contributed by atoms with E-state index >= 15 is 0 Å². The second-order valence-corrected chi connectivity index (χ2v) is 7.29. The van der Waals surface area contributed by atoms with Gasteiger partial charge in [-0.1, -0.05) is 12.1 Å². The molecule has 1 saturated heterocycles. The van der Waals surface area contributed by atoms with Gasteiger partial charge in [0.25, 0.3) is 0 Å². The number of nitrogens with zero attached hydrogens (tertiary/aromatic N) is 5. The molecule has 1 aromatic carbocycles. The average Bonchev–Trinajstić information content (AvgIpc) is 3.29. The Hall–Kier alpha value is -3.98. The summed E-state index contributed by atoms with van der Waals surface area (Å²) < 4.78 is 7.35. The van der Waals surface area contributed by atoms with Crippen molar-refractivity contribution in [2.75, 3.05) is 42.3 Å². The minimum absolute atomic E-state index is 0.567. The maximum atomic E-state index is 7.44. The number of rotatable bonds is 5. The number of ether oxygens (including phenoxy) is 1. The molecule has 0 amide bonds. The van der Waals surface area contributed by atoms with E-state index in [1.807, 2.05) is 53.2 Å². The Bertz CT molecular complexity index is 1230. The summed E-state index contributed by atoms with van der Waals surface area (Å²) >= 11 is 0. The molecule has 0 bridgehead atoms. The first-order valence-electron chi connectivity index (χ1n) is 10.0. The fraction of sp³-hybridized carbons (Fsp3) is 0.182. The predicted molar refractivity (Wildman–Crippen MR) is 121 cm³/mol. The van der Waals surface area contributed by atoms with Crippen LogP contribution in [-0.2, 0) is 4.74 Å². The van der Waals surface area contributed by atoms with Crippen LogP contribution < -0.4 is 16.0 Å². The molecule has 1 fully saturated rings. The van der Waals surface area contributed by atoms with Crippen LogP contribution in [0.25, 0.3) is 16.8 Å². The minimum atomic E-state index is 0.567. The van der Waals surface area contributed by atoms with E-state index in [9.17, 15) is 0 Å². The van der Waals surface area contributed by atoms with Gasteiger partial charge >= 0.3 is 0 Å². The Morgan fingerprint density at radius 2 is 1.94 bits per heavy atom. The van der Waals surface area contributed by atoms with Crippen LogP contribution in [0.5, 0.6) is 0 Å². The number of benzene rings is 1. The van der Waals surface area contributed by atoms with Gasteiger partial charge in [-0.3, -0.25) is 0 Å². The lowest BCUT2D eigenvalue weighted by Gasteiger charge is -2.27. The number of aromatic nitrogens is 4. The van der Waals surface area contributed by atoms with Gasteiger partial charge in [0.1, 0.15) is 0 Å². The normalized spacial score (nSPS) is 14.0. The minimum Gasteiger partial charge on any atom is -0.398 e. The van der Waals surface area contributed by atoms with Crippen molar-refractivity contribution in [3.05, 3.63) is 60.6 Å². The van der Waals surface area contributed by atoms with E-state index in [1.54, 1.807) is 6.20 Å². The van der Waals surface area contributed by atoms with Gasteiger partial charge in [-0.15, -0.1) is 10.2 Å². The molecular weight excluding hydrogens is 392 g/mol. The Labute approximate surface area is 179 Å². The molecule has 4 aromatic rings. The van der Waals surface area contributed by atoms with Crippen LogP contribution in [0.15, 0.2) is 55.0 Å². The first-order chi connectivity index (χ1) is 15.2. The highest BCUT2D eigenvalue weighted by atomic mass is 16.5. The number of fused-ring (bicyclic) bond motifs is 1. The van der Waals surface area contributed by atoms with E-state index in [0.717, 1.165) is 41.4 Å². The van der Waals surface area contributed by atoms with E-state index in [1.165, 1.54) is 6.21 Å². The fourth-order valence-corrected chi connectivity index (χ4v) is 3.66. The maximum Gasteiger partial charge on any atom is 0.160 e. The fourth-order valence-electron chi connectivity index (χ4n) is 3.66. The molecule has 9 heteroatoms. The van der Waals surface area contributed by atoms with Crippen LogP contribution in [-0.4, -0.2) is 52.1 Å². The number of nitrogen functional groups attached to an aromatic ring is 1. The first-order valence-corrected chi connectivity index (χ1v) is 10.0. The van der Waals surface area contributed by atoms with Crippen LogP contribution in [0.3, 0.4) is 0 Å². The highest BCUT2D eigenvalue weighted by Crippen LogP contribution is 2.29. The number of hydrogen-bond donors (Lipinski definition) is 3. The second kappa shape index (κ2) is 8.04. The molecule has 0 spiro atoms. The van der Waals surface area contributed by atoms with Crippen LogP contribution in [0, 0.1) is 5.41 Å². The second-order valence-electron chi connectivity index (χ2n) is 7.29.